The van der Waals surface area contributed by atoms with E-state index in [1.165, 1.54) is 0 Å². The third kappa shape index (κ3) is 11.5. The van der Waals surface area contributed by atoms with Crippen LogP contribution in [0.25, 0.3) is 0 Å². The van der Waals surface area contributed by atoms with Crippen LogP contribution in [0, 0.1) is 0 Å². The van der Waals surface area contributed by atoms with E-state index in [1.54, 1.807) is 0 Å². The molecule has 0 aromatic rings. The van der Waals surface area contributed by atoms with Gasteiger partial charge in [-0.1, -0.05) is 0 Å². The van der Waals surface area contributed by atoms with Gasteiger partial charge >= 0.3 is 0 Å². The van der Waals surface area contributed by atoms with Crippen molar-refractivity contribution in [2.75, 3.05) is 0 Å². The highest BCUT2D eigenvalue weighted by atomic mass is 18.0. The second kappa shape index (κ2) is 11.5. The van der Waals surface area contributed by atoms with Gasteiger partial charge in [0.1, 0.15) is 0 Å². The molecule has 0 spiro atoms. The van der Waals surface area contributed by atoms with E-state index in [0.29, 0.717) is 0 Å². The van der Waals surface area contributed by atoms with Crippen LogP contribution in [-0.4, -0.2) is 10.5 Å². The molecule has 2 N–H and O–H groups in total. The average molecular weight is 210 g/mol. The fraction of sp³-hybridized carbons (Fsp3) is 0. The molecule has 0 amide bonds. The number of hydrogen-bond donors (Lipinski definition) is 2. The van der Waals surface area contributed by atoms with Crippen LogP contribution in [0.1, 0.15) is 0 Å². The topological polar surface area (TPSA) is 142 Å². The zero-order valence-corrected chi connectivity index (χ0v) is 5.39. The minimum absolute atomic E-state index is 2.86. The van der Waals surface area contributed by atoms with Gasteiger partial charge in [0.05, 0.1) is 0 Å². The highest BCUT2D eigenvalue weighted by Gasteiger charge is 1.95. The molecule has 13 nitrogen and oxygen atoms in total. The van der Waals surface area contributed by atoms with Gasteiger partial charge in [-0.05, 0) is 55.4 Å². The van der Waals surface area contributed by atoms with Crippen molar-refractivity contribution in [3.05, 3.63) is 0 Å². The maximum absolute atomic E-state index is 7.41. The van der Waals surface area contributed by atoms with Gasteiger partial charge in [0.15, 0.2) is 0 Å². The summed E-state index contributed by atoms with van der Waals surface area (Å²) in [6.07, 6.45) is 0. The average Bonchev–Trinajstić information content (AvgIpc) is 2.16. The molecule has 0 unspecified atom stereocenters. The van der Waals surface area contributed by atoms with Crippen molar-refractivity contribution in [3.63, 3.8) is 0 Å². The first-order chi connectivity index (χ1) is 6.41. The summed E-state index contributed by atoms with van der Waals surface area (Å²) in [6, 6.07) is 0. The van der Waals surface area contributed by atoms with Gasteiger partial charge in [-0.15, -0.1) is 0 Å². The van der Waals surface area contributed by atoms with Crippen LogP contribution in [0.4, 0.5) is 0 Å². The SMILES string of the molecule is OOOOOOOOOOOOO. The molecule has 0 radical (unpaired) electrons. The van der Waals surface area contributed by atoms with Crippen LogP contribution in [0.15, 0.2) is 0 Å². The molecule has 0 bridgehead atoms. The summed E-state index contributed by atoms with van der Waals surface area (Å²) in [4.78, 5) is 0. The molecule has 0 saturated carbocycles. The predicted molar refractivity (Wildman–Crippen MR) is 17.2 cm³/mol. The van der Waals surface area contributed by atoms with Crippen LogP contribution in [0.3, 0.4) is 0 Å². The largest absolute Gasteiger partial charge is 0.219 e. The van der Waals surface area contributed by atoms with Gasteiger partial charge in [0.25, 0.3) is 0 Å². The third-order valence-electron chi connectivity index (χ3n) is 0.283. The quantitative estimate of drug-likeness (QED) is 0.265. The zero-order chi connectivity index (χ0) is 9.78. The third-order valence-corrected chi connectivity index (χ3v) is 0.283. The van der Waals surface area contributed by atoms with Crippen molar-refractivity contribution in [2.45, 2.75) is 0 Å². The van der Waals surface area contributed by atoms with Crippen LogP contribution in [-0.2, 0) is 55.4 Å². The Balaban J connectivity index is 2.76. The van der Waals surface area contributed by atoms with Gasteiger partial charge in [-0.25, -0.2) is 10.5 Å². The lowest BCUT2D eigenvalue weighted by Gasteiger charge is -1.96. The van der Waals surface area contributed by atoms with Crippen LogP contribution < -0.4 is 0 Å². The summed E-state index contributed by atoms with van der Waals surface area (Å²) in [6.45, 7) is 0. The van der Waals surface area contributed by atoms with Crippen LogP contribution >= 0.6 is 0 Å². The Morgan fingerprint density at radius 2 is 0.615 bits per heavy atom. The summed E-state index contributed by atoms with van der Waals surface area (Å²) >= 11 is 0. The summed E-state index contributed by atoms with van der Waals surface area (Å²) in [5.74, 6) is 0. The fourth-order valence-electron chi connectivity index (χ4n) is 0.104. The first kappa shape index (κ1) is 12.5. The Morgan fingerprint density at radius 1 is 0.385 bits per heavy atom. The highest BCUT2D eigenvalue weighted by molar-refractivity contribution is 3.04. The second-order valence-electron chi connectivity index (χ2n) is 0.761. The van der Waals surface area contributed by atoms with E-state index in [1.807, 2.05) is 0 Å². The van der Waals surface area contributed by atoms with Gasteiger partial charge < -0.3 is 0 Å². The van der Waals surface area contributed by atoms with Crippen molar-refractivity contribution in [3.8, 4) is 0 Å². The standard InChI is InChI=1S/H2O13/c1-3-5-7-9-11-13-12-10-8-6-4-2/h1-2H. The highest BCUT2D eigenvalue weighted by Crippen LogP contribution is 1.89. The van der Waals surface area contributed by atoms with E-state index >= 15 is 0 Å². The molecule has 0 aromatic carbocycles. The summed E-state index contributed by atoms with van der Waals surface area (Å²) in [5, 5.41) is 50.5. The van der Waals surface area contributed by atoms with Crippen molar-refractivity contribution in [1.82, 2.24) is 0 Å². The first-order valence-corrected chi connectivity index (χ1v) is 2.03. The van der Waals surface area contributed by atoms with E-state index in [-0.39, 0.29) is 0 Å². The van der Waals surface area contributed by atoms with Crippen LogP contribution in [0.2, 0.25) is 0 Å². The predicted octanol–water partition coefficient (Wildman–Crippen LogP) is -0.735. The lowest BCUT2D eigenvalue weighted by atomic mass is 14.1. The van der Waals surface area contributed by atoms with Gasteiger partial charge in [0, 0.05) is 0 Å². The van der Waals surface area contributed by atoms with E-state index < -0.39 is 0 Å². The maximum atomic E-state index is 7.41. The molecule has 0 aliphatic rings. The second-order valence-corrected chi connectivity index (χ2v) is 0.761. The first-order valence-electron chi connectivity index (χ1n) is 2.03. The molecule has 0 rings (SSSR count). The van der Waals surface area contributed by atoms with E-state index in [4.69, 9.17) is 10.5 Å². The fourth-order valence-corrected chi connectivity index (χ4v) is 0.104. The number of rotatable bonds is 10. The Labute approximate surface area is 67.4 Å². The van der Waals surface area contributed by atoms with E-state index in [2.05, 4.69) is 55.4 Å². The van der Waals surface area contributed by atoms with E-state index in [9.17, 15) is 0 Å². The molecule has 0 aliphatic heterocycles. The lowest BCUT2D eigenvalue weighted by molar-refractivity contribution is -0.869. The molecule has 0 aliphatic carbocycles. The van der Waals surface area contributed by atoms with Crippen molar-refractivity contribution >= 4 is 0 Å². The molecule has 13 heavy (non-hydrogen) atoms. The summed E-state index contributed by atoms with van der Waals surface area (Å²) in [7, 11) is 0. The molecule has 0 atom stereocenters. The van der Waals surface area contributed by atoms with Gasteiger partial charge in [-0.2, -0.15) is 0 Å². The molecular weight excluding hydrogens is 208 g/mol. The molecule has 0 saturated heterocycles. The minimum Gasteiger partial charge on any atom is -0.219 e. The molecule has 0 heterocycles. The Kier molecular flexibility index (Phi) is 11.0. The minimum atomic E-state index is 2.86. The van der Waals surface area contributed by atoms with E-state index in [0.717, 1.165) is 0 Å². The number of hydrogen-bond acceptors (Lipinski definition) is 13. The van der Waals surface area contributed by atoms with Gasteiger partial charge in [-0.3, -0.25) is 0 Å². The Hall–Kier alpha value is -0.520. The normalized spacial score (nSPS) is 10.6. The molecule has 80 valence electrons. The smallest absolute Gasteiger partial charge is 0.0000000000721 e. The van der Waals surface area contributed by atoms with Crippen molar-refractivity contribution < 1.29 is 65.9 Å². The van der Waals surface area contributed by atoms with Crippen molar-refractivity contribution in [1.29, 1.82) is 0 Å². The van der Waals surface area contributed by atoms with Crippen LogP contribution in [0.5, 0.6) is 0 Å². The van der Waals surface area contributed by atoms with Crippen molar-refractivity contribution in [2.24, 2.45) is 0 Å². The summed E-state index contributed by atoms with van der Waals surface area (Å²) < 4.78 is 0. The Morgan fingerprint density at radius 3 is 0.846 bits per heavy atom. The van der Waals surface area contributed by atoms with Gasteiger partial charge in [0.2, 0.25) is 0 Å². The lowest BCUT2D eigenvalue weighted by Crippen LogP contribution is -2.02. The molecule has 0 fully saturated rings. The monoisotopic (exact) mass is 210 g/mol. The maximum Gasteiger partial charge on any atom is -0.0000000000721 e. The molecular formula is H2O13. The summed E-state index contributed by atoms with van der Waals surface area (Å²) in [5.41, 5.74) is 0. The Bertz CT molecular complexity index is 66.1. The molecule has 13 heteroatoms. The molecule has 0 aromatic heterocycles. The zero-order valence-electron chi connectivity index (χ0n) is 5.39.